The van der Waals surface area contributed by atoms with Crippen molar-refractivity contribution in [1.82, 2.24) is 0 Å². The summed E-state index contributed by atoms with van der Waals surface area (Å²) >= 11 is 9.62. The van der Waals surface area contributed by atoms with Crippen molar-refractivity contribution >= 4 is 50.7 Å². The number of amides is 2. The average Bonchev–Trinajstić information content (AvgIpc) is 2.66. The van der Waals surface area contributed by atoms with Crippen LogP contribution in [-0.2, 0) is 4.79 Å². The maximum Gasteiger partial charge on any atom is 0.259 e. The quantitative estimate of drug-likeness (QED) is 0.427. The number of hydrogen-bond acceptors (Lipinski definition) is 3. The predicted molar refractivity (Wildman–Crippen MR) is 117 cm³/mol. The molecule has 0 saturated carbocycles. The van der Waals surface area contributed by atoms with Crippen molar-refractivity contribution in [3.05, 3.63) is 51.5 Å². The maximum absolute atomic E-state index is 12.9. The highest BCUT2D eigenvalue weighted by Gasteiger charge is 2.16. The van der Waals surface area contributed by atoms with E-state index < -0.39 is 0 Å². The third-order valence-electron chi connectivity index (χ3n) is 3.92. The van der Waals surface area contributed by atoms with E-state index in [1.807, 2.05) is 13.0 Å². The Kier molecular flexibility index (Phi) is 8.80. The van der Waals surface area contributed by atoms with Gasteiger partial charge in [0.05, 0.1) is 22.9 Å². The summed E-state index contributed by atoms with van der Waals surface area (Å²) in [6, 6.07) is 10.3. The molecule has 0 bridgehead atoms. The minimum absolute atomic E-state index is 0.0827. The van der Waals surface area contributed by atoms with E-state index in [0.717, 1.165) is 23.7 Å². The second kappa shape index (κ2) is 11.1. The summed E-state index contributed by atoms with van der Waals surface area (Å²) in [6.45, 7) is 4.55. The third kappa shape index (κ3) is 6.53. The summed E-state index contributed by atoms with van der Waals surface area (Å²) in [5, 5.41) is 5.98. The minimum Gasteiger partial charge on any atom is -0.493 e. The van der Waals surface area contributed by atoms with Crippen molar-refractivity contribution < 1.29 is 14.3 Å². The Morgan fingerprint density at radius 2 is 1.86 bits per heavy atom. The lowest BCUT2D eigenvalue weighted by molar-refractivity contribution is -0.116. The van der Waals surface area contributed by atoms with E-state index in [-0.39, 0.29) is 11.8 Å². The molecule has 28 heavy (non-hydrogen) atoms. The first-order chi connectivity index (χ1) is 13.4. The lowest BCUT2D eigenvalue weighted by atomic mass is 10.1. The number of halogens is 2. The van der Waals surface area contributed by atoms with Crippen LogP contribution < -0.4 is 15.4 Å². The third-order valence-corrected chi connectivity index (χ3v) is 4.74. The number of carbonyl (C=O) groups is 2. The molecule has 0 unspecified atom stereocenters. The van der Waals surface area contributed by atoms with Gasteiger partial charge in [-0.15, -0.1) is 0 Å². The van der Waals surface area contributed by atoms with Gasteiger partial charge in [-0.1, -0.05) is 47.8 Å². The summed E-state index contributed by atoms with van der Waals surface area (Å²) in [5.74, 6) is 0.0881. The van der Waals surface area contributed by atoms with E-state index >= 15 is 0 Å². The van der Waals surface area contributed by atoms with Gasteiger partial charge >= 0.3 is 0 Å². The molecule has 0 aromatic heterocycles. The SMILES string of the molecule is CCCCOc1ccc(Br)cc1C(=O)Nc1cc(NC(=O)CCC)ccc1Cl. The molecule has 2 amide bonds. The predicted octanol–water partition coefficient (Wildman–Crippen LogP) is 6.27. The fourth-order valence-electron chi connectivity index (χ4n) is 2.47. The van der Waals surface area contributed by atoms with Crippen molar-refractivity contribution in [2.45, 2.75) is 39.5 Å². The molecule has 2 aromatic rings. The van der Waals surface area contributed by atoms with E-state index in [9.17, 15) is 9.59 Å². The Hall–Kier alpha value is -2.05. The summed E-state index contributed by atoms with van der Waals surface area (Å²) < 4.78 is 6.52. The number of nitrogens with one attached hydrogen (secondary N) is 2. The van der Waals surface area contributed by atoms with Gasteiger partial charge in [0.2, 0.25) is 5.91 Å². The first kappa shape index (κ1) is 22.2. The van der Waals surface area contributed by atoms with E-state index in [1.165, 1.54) is 0 Å². The molecule has 0 heterocycles. The van der Waals surface area contributed by atoms with E-state index in [1.54, 1.807) is 30.3 Å². The van der Waals surface area contributed by atoms with Crippen LogP contribution in [0, 0.1) is 0 Å². The van der Waals surface area contributed by atoms with E-state index in [0.29, 0.717) is 40.7 Å². The molecule has 2 N–H and O–H groups in total. The monoisotopic (exact) mass is 466 g/mol. The zero-order valence-electron chi connectivity index (χ0n) is 16.0. The summed E-state index contributed by atoms with van der Waals surface area (Å²) in [7, 11) is 0. The lowest BCUT2D eigenvalue weighted by Crippen LogP contribution is -2.15. The van der Waals surface area contributed by atoms with Crippen molar-refractivity contribution in [2.75, 3.05) is 17.2 Å². The minimum atomic E-state index is -0.341. The van der Waals surface area contributed by atoms with E-state index in [4.69, 9.17) is 16.3 Å². The Bertz CT molecular complexity index is 842. The number of anilines is 2. The molecule has 0 atom stereocenters. The molecule has 5 nitrogen and oxygen atoms in total. The standard InChI is InChI=1S/C21H24BrClN2O3/c1-3-5-11-28-19-10-7-14(22)12-16(19)21(27)25-18-13-15(8-9-17(18)23)24-20(26)6-4-2/h7-10,12-13H,3-6,11H2,1-2H3,(H,24,26)(H,25,27). The number of rotatable bonds is 9. The largest absolute Gasteiger partial charge is 0.493 e. The van der Waals surface area contributed by atoms with Crippen LogP contribution in [-0.4, -0.2) is 18.4 Å². The second-order valence-electron chi connectivity index (χ2n) is 6.29. The van der Waals surface area contributed by atoms with E-state index in [2.05, 4.69) is 33.5 Å². The molecule has 0 aliphatic carbocycles. The summed E-state index contributed by atoms with van der Waals surface area (Å²) in [4.78, 5) is 24.7. The molecule has 7 heteroatoms. The Labute approximate surface area is 178 Å². The van der Waals surface area contributed by atoms with Crippen LogP contribution >= 0.6 is 27.5 Å². The fourth-order valence-corrected chi connectivity index (χ4v) is 3.00. The van der Waals surface area contributed by atoms with Crippen molar-refractivity contribution in [3.63, 3.8) is 0 Å². The van der Waals surface area contributed by atoms with Crippen LogP contribution in [0.1, 0.15) is 49.9 Å². The molecule has 150 valence electrons. The summed E-state index contributed by atoms with van der Waals surface area (Å²) in [5.41, 5.74) is 1.40. The summed E-state index contributed by atoms with van der Waals surface area (Å²) in [6.07, 6.45) is 3.10. The smallest absolute Gasteiger partial charge is 0.259 e. The Balaban J connectivity index is 2.20. The molecule has 0 saturated heterocycles. The van der Waals surface area contributed by atoms with Crippen LogP contribution in [0.25, 0.3) is 0 Å². The molecule has 0 aliphatic heterocycles. The second-order valence-corrected chi connectivity index (χ2v) is 7.61. The molecular weight excluding hydrogens is 444 g/mol. The van der Waals surface area contributed by atoms with Crippen LogP contribution in [0.3, 0.4) is 0 Å². The van der Waals surface area contributed by atoms with Gasteiger partial charge in [0.25, 0.3) is 5.91 Å². The topological polar surface area (TPSA) is 67.4 Å². The van der Waals surface area contributed by atoms with Gasteiger partial charge in [-0.2, -0.15) is 0 Å². The highest BCUT2D eigenvalue weighted by Crippen LogP contribution is 2.29. The van der Waals surface area contributed by atoms with Gasteiger partial charge in [-0.3, -0.25) is 9.59 Å². The van der Waals surface area contributed by atoms with Gasteiger partial charge in [0.1, 0.15) is 5.75 Å². The van der Waals surface area contributed by atoms with Crippen LogP contribution in [0.2, 0.25) is 5.02 Å². The highest BCUT2D eigenvalue weighted by molar-refractivity contribution is 9.10. The van der Waals surface area contributed by atoms with Gasteiger partial charge in [0.15, 0.2) is 0 Å². The molecular formula is C21H24BrClN2O3. The van der Waals surface area contributed by atoms with Crippen molar-refractivity contribution in [2.24, 2.45) is 0 Å². The van der Waals surface area contributed by atoms with Gasteiger partial charge < -0.3 is 15.4 Å². The first-order valence-corrected chi connectivity index (χ1v) is 10.4. The fraction of sp³-hybridized carbons (Fsp3) is 0.333. The Morgan fingerprint density at radius 1 is 1.07 bits per heavy atom. The lowest BCUT2D eigenvalue weighted by Gasteiger charge is -2.14. The number of unbranched alkanes of at least 4 members (excludes halogenated alkanes) is 1. The molecule has 2 aromatic carbocycles. The number of ether oxygens (including phenoxy) is 1. The maximum atomic E-state index is 12.9. The molecule has 0 spiro atoms. The van der Waals surface area contributed by atoms with Crippen molar-refractivity contribution in [3.8, 4) is 5.75 Å². The number of benzene rings is 2. The molecule has 0 fully saturated rings. The van der Waals surface area contributed by atoms with Crippen LogP contribution in [0.4, 0.5) is 11.4 Å². The molecule has 2 rings (SSSR count). The zero-order chi connectivity index (χ0) is 20.5. The number of hydrogen-bond donors (Lipinski definition) is 2. The van der Waals surface area contributed by atoms with Gasteiger partial charge in [-0.05, 0) is 49.2 Å². The van der Waals surface area contributed by atoms with Gasteiger partial charge in [-0.25, -0.2) is 0 Å². The van der Waals surface area contributed by atoms with Crippen molar-refractivity contribution in [1.29, 1.82) is 0 Å². The average molecular weight is 468 g/mol. The first-order valence-electron chi connectivity index (χ1n) is 9.27. The van der Waals surface area contributed by atoms with Crippen LogP contribution in [0.15, 0.2) is 40.9 Å². The molecule has 0 radical (unpaired) electrons. The number of carbonyl (C=O) groups excluding carboxylic acids is 2. The highest BCUT2D eigenvalue weighted by atomic mass is 79.9. The molecule has 0 aliphatic rings. The van der Waals surface area contributed by atoms with Gasteiger partial charge in [0, 0.05) is 16.6 Å². The normalized spacial score (nSPS) is 10.4. The Morgan fingerprint density at radius 3 is 2.57 bits per heavy atom. The van der Waals surface area contributed by atoms with Crippen LogP contribution in [0.5, 0.6) is 5.75 Å². The zero-order valence-corrected chi connectivity index (χ0v) is 18.3.